The van der Waals surface area contributed by atoms with Crippen molar-refractivity contribution in [1.29, 1.82) is 0 Å². The molecule has 0 aromatic heterocycles. The Kier molecular flexibility index (Phi) is 3.80. The Balaban J connectivity index is 1.78. The maximum absolute atomic E-state index is 10.6. The van der Waals surface area contributed by atoms with Crippen LogP contribution in [0.5, 0.6) is 0 Å². The molecular weight excluding hydrogens is 224 g/mol. The lowest BCUT2D eigenvalue weighted by atomic mass is 9.75. The summed E-state index contributed by atoms with van der Waals surface area (Å²) in [5.41, 5.74) is 0.179. The predicted octanol–water partition coefficient (Wildman–Crippen LogP) is 2.68. The van der Waals surface area contributed by atoms with E-state index in [0.29, 0.717) is 5.25 Å². The predicted molar refractivity (Wildman–Crippen MR) is 64.9 cm³/mol. The first-order chi connectivity index (χ1) is 7.60. The third kappa shape index (κ3) is 2.92. The SMILES string of the molecule is CC(CC(=O)O)SC1CCOC2(CCC2)C1. The Morgan fingerprint density at radius 1 is 1.62 bits per heavy atom. The van der Waals surface area contributed by atoms with Crippen molar-refractivity contribution in [2.45, 2.75) is 61.5 Å². The van der Waals surface area contributed by atoms with Gasteiger partial charge in [-0.25, -0.2) is 0 Å². The van der Waals surface area contributed by atoms with E-state index in [1.54, 1.807) is 0 Å². The first kappa shape index (κ1) is 12.2. The van der Waals surface area contributed by atoms with Crippen LogP contribution in [0.25, 0.3) is 0 Å². The highest BCUT2D eigenvalue weighted by atomic mass is 32.2. The van der Waals surface area contributed by atoms with Crippen molar-refractivity contribution in [3.8, 4) is 0 Å². The van der Waals surface area contributed by atoms with E-state index in [9.17, 15) is 4.79 Å². The molecule has 1 aliphatic carbocycles. The van der Waals surface area contributed by atoms with Gasteiger partial charge in [0, 0.05) is 17.1 Å². The Bertz CT molecular complexity index is 263. The molecule has 0 amide bonds. The lowest BCUT2D eigenvalue weighted by Crippen LogP contribution is -2.46. The van der Waals surface area contributed by atoms with Crippen molar-refractivity contribution in [3.63, 3.8) is 0 Å². The molecule has 2 rings (SSSR count). The summed E-state index contributed by atoms with van der Waals surface area (Å²) in [4.78, 5) is 10.6. The molecule has 2 aliphatic rings. The zero-order chi connectivity index (χ0) is 11.6. The van der Waals surface area contributed by atoms with Crippen molar-refractivity contribution < 1.29 is 14.6 Å². The number of rotatable bonds is 4. The molecule has 2 unspecified atom stereocenters. The molecule has 0 aromatic rings. The van der Waals surface area contributed by atoms with Gasteiger partial charge in [0.25, 0.3) is 0 Å². The van der Waals surface area contributed by atoms with Gasteiger partial charge < -0.3 is 9.84 Å². The monoisotopic (exact) mass is 244 g/mol. The Morgan fingerprint density at radius 2 is 2.38 bits per heavy atom. The molecule has 3 nitrogen and oxygen atoms in total. The summed E-state index contributed by atoms with van der Waals surface area (Å²) in [5, 5.41) is 9.56. The molecule has 0 bridgehead atoms. The molecule has 2 atom stereocenters. The van der Waals surface area contributed by atoms with Crippen LogP contribution in [0.2, 0.25) is 0 Å². The van der Waals surface area contributed by atoms with Crippen molar-refractivity contribution in [3.05, 3.63) is 0 Å². The lowest BCUT2D eigenvalue weighted by molar-refractivity contribution is -0.136. The molecule has 1 aliphatic heterocycles. The first-order valence-corrected chi connectivity index (χ1v) is 7.05. The van der Waals surface area contributed by atoms with Gasteiger partial charge in [0.05, 0.1) is 12.0 Å². The Hall–Kier alpha value is -0.220. The molecule has 16 heavy (non-hydrogen) atoms. The van der Waals surface area contributed by atoms with Crippen LogP contribution in [0.1, 0.15) is 45.4 Å². The summed E-state index contributed by atoms with van der Waals surface area (Å²) in [6, 6.07) is 0. The van der Waals surface area contributed by atoms with Gasteiger partial charge in [0.2, 0.25) is 0 Å². The second kappa shape index (κ2) is 4.96. The van der Waals surface area contributed by atoms with Gasteiger partial charge in [-0.3, -0.25) is 4.79 Å². The topological polar surface area (TPSA) is 46.5 Å². The molecule has 1 saturated carbocycles. The third-order valence-corrected chi connectivity index (χ3v) is 5.02. The summed E-state index contributed by atoms with van der Waals surface area (Å²) < 4.78 is 5.86. The molecule has 0 radical (unpaired) electrons. The molecule has 0 aromatic carbocycles. The van der Waals surface area contributed by atoms with Crippen molar-refractivity contribution in [2.24, 2.45) is 0 Å². The average molecular weight is 244 g/mol. The van der Waals surface area contributed by atoms with E-state index in [1.807, 2.05) is 18.7 Å². The zero-order valence-electron chi connectivity index (χ0n) is 9.78. The van der Waals surface area contributed by atoms with Crippen molar-refractivity contribution in [2.75, 3.05) is 6.61 Å². The van der Waals surface area contributed by atoms with Crippen molar-refractivity contribution >= 4 is 17.7 Å². The Morgan fingerprint density at radius 3 is 2.94 bits per heavy atom. The minimum Gasteiger partial charge on any atom is -0.481 e. The van der Waals surface area contributed by atoms with Crippen LogP contribution < -0.4 is 0 Å². The fourth-order valence-electron chi connectivity index (χ4n) is 2.64. The lowest BCUT2D eigenvalue weighted by Gasteiger charge is -2.47. The molecule has 92 valence electrons. The molecule has 2 fully saturated rings. The van der Waals surface area contributed by atoms with Crippen LogP contribution in [-0.4, -0.2) is 33.8 Å². The number of hydrogen-bond donors (Lipinski definition) is 1. The number of carbonyl (C=O) groups is 1. The van der Waals surface area contributed by atoms with E-state index in [4.69, 9.17) is 9.84 Å². The molecule has 1 saturated heterocycles. The van der Waals surface area contributed by atoms with Crippen LogP contribution in [0, 0.1) is 0 Å². The maximum Gasteiger partial charge on any atom is 0.304 e. The van der Waals surface area contributed by atoms with Crippen LogP contribution in [0.4, 0.5) is 0 Å². The fourth-order valence-corrected chi connectivity index (χ4v) is 4.17. The van der Waals surface area contributed by atoms with E-state index < -0.39 is 5.97 Å². The van der Waals surface area contributed by atoms with Gasteiger partial charge in [0.15, 0.2) is 0 Å². The van der Waals surface area contributed by atoms with Crippen LogP contribution >= 0.6 is 11.8 Å². The zero-order valence-corrected chi connectivity index (χ0v) is 10.6. The number of carboxylic acid groups (broad SMARTS) is 1. The highest BCUT2D eigenvalue weighted by Gasteiger charge is 2.42. The number of ether oxygens (including phenoxy) is 1. The van der Waals surface area contributed by atoms with E-state index in [-0.39, 0.29) is 17.3 Å². The summed E-state index contributed by atoms with van der Waals surface area (Å²) in [7, 11) is 0. The fraction of sp³-hybridized carbons (Fsp3) is 0.917. The van der Waals surface area contributed by atoms with Gasteiger partial charge in [-0.2, -0.15) is 11.8 Å². The van der Waals surface area contributed by atoms with Gasteiger partial charge in [-0.1, -0.05) is 6.92 Å². The number of aliphatic carboxylic acids is 1. The molecular formula is C12H20O3S. The largest absolute Gasteiger partial charge is 0.481 e. The minimum absolute atomic E-state index is 0.179. The van der Waals surface area contributed by atoms with Crippen LogP contribution in [0.3, 0.4) is 0 Å². The highest BCUT2D eigenvalue weighted by Crippen LogP contribution is 2.45. The normalized spacial score (nSPS) is 29.7. The molecule has 1 heterocycles. The Labute approximate surface area is 101 Å². The smallest absolute Gasteiger partial charge is 0.304 e. The highest BCUT2D eigenvalue weighted by molar-refractivity contribution is 8.00. The number of carboxylic acids is 1. The van der Waals surface area contributed by atoms with Gasteiger partial charge in [0.1, 0.15) is 0 Å². The van der Waals surface area contributed by atoms with Crippen molar-refractivity contribution in [1.82, 2.24) is 0 Å². The minimum atomic E-state index is -0.689. The number of hydrogen-bond acceptors (Lipinski definition) is 3. The molecule has 1 N–H and O–H groups in total. The van der Waals surface area contributed by atoms with E-state index in [2.05, 4.69) is 0 Å². The van der Waals surface area contributed by atoms with Gasteiger partial charge in [-0.15, -0.1) is 0 Å². The van der Waals surface area contributed by atoms with Crippen LogP contribution in [-0.2, 0) is 9.53 Å². The summed E-state index contributed by atoms with van der Waals surface area (Å²) >= 11 is 1.84. The summed E-state index contributed by atoms with van der Waals surface area (Å²) in [6.45, 7) is 2.87. The van der Waals surface area contributed by atoms with E-state index in [1.165, 1.54) is 19.3 Å². The van der Waals surface area contributed by atoms with Gasteiger partial charge >= 0.3 is 5.97 Å². The maximum atomic E-state index is 10.6. The average Bonchev–Trinajstić information content (AvgIpc) is 2.14. The summed E-state index contributed by atoms with van der Waals surface area (Å²) in [5.74, 6) is -0.689. The first-order valence-electron chi connectivity index (χ1n) is 6.11. The standard InChI is InChI=1S/C12H20O3S/c1-9(7-11(13)14)16-10-3-6-15-12(8-10)4-2-5-12/h9-10H,2-8H2,1H3,(H,13,14). The van der Waals surface area contributed by atoms with Crippen LogP contribution in [0.15, 0.2) is 0 Å². The molecule has 1 spiro atoms. The second-order valence-corrected chi connectivity index (χ2v) is 6.79. The summed E-state index contributed by atoms with van der Waals surface area (Å²) in [6.07, 6.45) is 6.18. The third-order valence-electron chi connectivity index (χ3n) is 3.60. The van der Waals surface area contributed by atoms with E-state index in [0.717, 1.165) is 19.4 Å². The quantitative estimate of drug-likeness (QED) is 0.826. The molecule has 4 heteroatoms. The second-order valence-electron chi connectivity index (χ2n) is 5.04. The van der Waals surface area contributed by atoms with Gasteiger partial charge in [-0.05, 0) is 32.1 Å². The number of thioether (sulfide) groups is 1. The van der Waals surface area contributed by atoms with E-state index >= 15 is 0 Å².